The fraction of sp³-hybridized carbons (Fsp3) is 0.462. The van der Waals surface area contributed by atoms with E-state index in [0.717, 1.165) is 22.2 Å². The maximum absolute atomic E-state index is 11.7. The second-order valence-corrected chi connectivity index (χ2v) is 5.42. The first-order valence-corrected chi connectivity index (χ1v) is 6.83. The number of hydrogen-bond acceptors (Lipinski definition) is 3. The summed E-state index contributed by atoms with van der Waals surface area (Å²) in [6, 6.07) is 4.05. The average Bonchev–Trinajstić information content (AvgIpc) is 2.82. The van der Waals surface area contributed by atoms with Crippen molar-refractivity contribution in [1.29, 1.82) is 0 Å². The van der Waals surface area contributed by atoms with Crippen LogP contribution in [-0.2, 0) is 17.8 Å². The molecule has 1 aliphatic heterocycles. The Labute approximate surface area is 115 Å². The van der Waals surface area contributed by atoms with Gasteiger partial charge in [-0.25, -0.2) is 0 Å². The Morgan fingerprint density at radius 3 is 3.11 bits per heavy atom. The summed E-state index contributed by atoms with van der Waals surface area (Å²) >= 11 is 3.48. The van der Waals surface area contributed by atoms with Crippen molar-refractivity contribution in [2.75, 3.05) is 13.2 Å². The van der Waals surface area contributed by atoms with Gasteiger partial charge < -0.3 is 15.8 Å². The third-order valence-electron chi connectivity index (χ3n) is 3.08. The van der Waals surface area contributed by atoms with Crippen LogP contribution < -0.4 is 15.8 Å². The maximum Gasteiger partial charge on any atom is 0.224 e. The van der Waals surface area contributed by atoms with E-state index in [9.17, 15) is 4.79 Å². The Bertz CT molecular complexity index is 463. The number of rotatable bonds is 4. The first-order valence-electron chi connectivity index (χ1n) is 6.03. The molecule has 1 heterocycles. The van der Waals surface area contributed by atoms with Crippen LogP contribution in [0.2, 0.25) is 0 Å². The van der Waals surface area contributed by atoms with E-state index in [1.54, 1.807) is 0 Å². The first kappa shape index (κ1) is 13.4. The molecule has 1 amide bonds. The molecule has 0 radical (unpaired) electrons. The van der Waals surface area contributed by atoms with E-state index in [1.165, 1.54) is 5.56 Å². The lowest BCUT2D eigenvalue weighted by atomic mass is 10.1. The highest BCUT2D eigenvalue weighted by molar-refractivity contribution is 9.10. The number of nitrogens with two attached hydrogens (primary N) is 1. The topological polar surface area (TPSA) is 64.4 Å². The van der Waals surface area contributed by atoms with E-state index in [4.69, 9.17) is 10.5 Å². The highest BCUT2D eigenvalue weighted by atomic mass is 79.9. The summed E-state index contributed by atoms with van der Waals surface area (Å²) in [7, 11) is 0. The van der Waals surface area contributed by atoms with Crippen molar-refractivity contribution in [1.82, 2.24) is 5.32 Å². The summed E-state index contributed by atoms with van der Waals surface area (Å²) in [5.41, 5.74) is 7.67. The zero-order valence-electron chi connectivity index (χ0n) is 10.3. The second kappa shape index (κ2) is 5.71. The molecule has 1 aromatic rings. The van der Waals surface area contributed by atoms with E-state index in [1.807, 2.05) is 13.0 Å². The van der Waals surface area contributed by atoms with Crippen LogP contribution in [0.4, 0.5) is 0 Å². The highest BCUT2D eigenvalue weighted by Gasteiger charge is 2.18. The molecule has 1 aromatic carbocycles. The van der Waals surface area contributed by atoms with Crippen LogP contribution in [0.25, 0.3) is 0 Å². The van der Waals surface area contributed by atoms with Gasteiger partial charge in [-0.3, -0.25) is 4.79 Å². The molecular weight excluding hydrogens is 296 g/mol. The number of fused-ring (bicyclic) bond motifs is 1. The molecule has 3 N–H and O–H groups in total. The van der Waals surface area contributed by atoms with Gasteiger partial charge in [0.1, 0.15) is 5.75 Å². The third-order valence-corrected chi connectivity index (χ3v) is 3.54. The summed E-state index contributed by atoms with van der Waals surface area (Å²) in [6.45, 7) is 3.37. The molecule has 4 nitrogen and oxygen atoms in total. The summed E-state index contributed by atoms with van der Waals surface area (Å²) < 4.78 is 6.62. The predicted molar refractivity (Wildman–Crippen MR) is 73.4 cm³/mol. The summed E-state index contributed by atoms with van der Waals surface area (Å²) in [5, 5.41) is 2.89. The van der Waals surface area contributed by atoms with E-state index >= 15 is 0 Å². The molecule has 2 rings (SSSR count). The summed E-state index contributed by atoms with van der Waals surface area (Å²) in [5.74, 6) is 0.731. The quantitative estimate of drug-likeness (QED) is 0.887. The molecular formula is C13H17BrN2O2. The molecule has 5 heteroatoms. The van der Waals surface area contributed by atoms with Crippen molar-refractivity contribution >= 4 is 21.8 Å². The number of carbonyl (C=O) groups excluding carboxylic acids is 1. The zero-order valence-corrected chi connectivity index (χ0v) is 11.9. The molecule has 18 heavy (non-hydrogen) atoms. The highest BCUT2D eigenvalue weighted by Crippen LogP contribution is 2.32. The van der Waals surface area contributed by atoms with Gasteiger partial charge >= 0.3 is 0 Å². The lowest BCUT2D eigenvalue weighted by Crippen LogP contribution is -2.32. The number of carbonyl (C=O) groups is 1. The Hall–Kier alpha value is -1.07. The van der Waals surface area contributed by atoms with Crippen molar-refractivity contribution in [3.05, 3.63) is 27.7 Å². The molecule has 0 saturated carbocycles. The molecule has 0 saturated heterocycles. The predicted octanol–water partition coefficient (Wildman–Crippen LogP) is 1.60. The normalized spacial score (nSPS) is 14.8. The molecule has 0 spiro atoms. The standard InChI is InChI=1S/C13H17BrN2O2/c1-8(6-15)13(17)16-7-10-5-11(14)4-9-2-3-18-12(9)10/h4-5,8H,2-3,6-7,15H2,1H3,(H,16,17). The molecule has 98 valence electrons. The van der Waals surface area contributed by atoms with Gasteiger partial charge in [0.05, 0.1) is 6.61 Å². The Morgan fingerprint density at radius 1 is 1.61 bits per heavy atom. The molecule has 1 unspecified atom stereocenters. The second-order valence-electron chi connectivity index (χ2n) is 4.51. The van der Waals surface area contributed by atoms with Gasteiger partial charge in [0.15, 0.2) is 0 Å². The Balaban J connectivity index is 2.08. The van der Waals surface area contributed by atoms with Crippen molar-refractivity contribution in [2.45, 2.75) is 19.9 Å². The average molecular weight is 313 g/mol. The van der Waals surface area contributed by atoms with Gasteiger partial charge in [0.25, 0.3) is 0 Å². The lowest BCUT2D eigenvalue weighted by molar-refractivity contribution is -0.124. The summed E-state index contributed by atoms with van der Waals surface area (Å²) in [6.07, 6.45) is 0.926. The summed E-state index contributed by atoms with van der Waals surface area (Å²) in [4.78, 5) is 11.7. The van der Waals surface area contributed by atoms with Crippen molar-refractivity contribution in [3.63, 3.8) is 0 Å². The van der Waals surface area contributed by atoms with Crippen LogP contribution in [0.3, 0.4) is 0 Å². The smallest absolute Gasteiger partial charge is 0.224 e. The van der Waals surface area contributed by atoms with Crippen LogP contribution in [0.15, 0.2) is 16.6 Å². The number of benzene rings is 1. The Kier molecular flexibility index (Phi) is 4.24. The van der Waals surface area contributed by atoms with Crippen molar-refractivity contribution in [3.8, 4) is 5.75 Å². The number of amides is 1. The van der Waals surface area contributed by atoms with Crippen molar-refractivity contribution < 1.29 is 9.53 Å². The fourth-order valence-electron chi connectivity index (χ4n) is 1.94. The van der Waals surface area contributed by atoms with Gasteiger partial charge in [-0.1, -0.05) is 22.9 Å². The van der Waals surface area contributed by atoms with Crippen LogP contribution in [0, 0.1) is 5.92 Å². The number of ether oxygens (including phenoxy) is 1. The van der Waals surface area contributed by atoms with E-state index < -0.39 is 0 Å². The van der Waals surface area contributed by atoms with Crippen LogP contribution in [0.1, 0.15) is 18.1 Å². The van der Waals surface area contributed by atoms with E-state index in [0.29, 0.717) is 19.7 Å². The molecule has 1 aliphatic rings. The number of halogens is 1. The minimum Gasteiger partial charge on any atom is -0.493 e. The van der Waals surface area contributed by atoms with Gasteiger partial charge in [0, 0.05) is 35.5 Å². The SMILES string of the molecule is CC(CN)C(=O)NCc1cc(Br)cc2c1OCC2. The largest absolute Gasteiger partial charge is 0.493 e. The molecule has 0 bridgehead atoms. The fourth-order valence-corrected chi connectivity index (χ4v) is 2.49. The lowest BCUT2D eigenvalue weighted by Gasteiger charge is -2.12. The van der Waals surface area contributed by atoms with Gasteiger partial charge in [-0.15, -0.1) is 0 Å². The molecule has 0 fully saturated rings. The van der Waals surface area contributed by atoms with E-state index in [2.05, 4.69) is 27.3 Å². The van der Waals surface area contributed by atoms with Crippen LogP contribution in [0.5, 0.6) is 5.75 Å². The maximum atomic E-state index is 11.7. The molecule has 0 aliphatic carbocycles. The Morgan fingerprint density at radius 2 is 2.39 bits per heavy atom. The van der Waals surface area contributed by atoms with Gasteiger partial charge in [-0.2, -0.15) is 0 Å². The van der Waals surface area contributed by atoms with Crippen LogP contribution in [-0.4, -0.2) is 19.1 Å². The van der Waals surface area contributed by atoms with Gasteiger partial charge in [-0.05, 0) is 17.7 Å². The van der Waals surface area contributed by atoms with Crippen molar-refractivity contribution in [2.24, 2.45) is 11.7 Å². The monoisotopic (exact) mass is 312 g/mol. The molecule has 1 atom stereocenters. The third kappa shape index (κ3) is 2.84. The number of nitrogens with one attached hydrogen (secondary N) is 1. The first-order chi connectivity index (χ1) is 8.61. The van der Waals surface area contributed by atoms with Gasteiger partial charge in [0.2, 0.25) is 5.91 Å². The molecule has 0 aromatic heterocycles. The minimum absolute atomic E-state index is 0.0239. The minimum atomic E-state index is -0.161. The van der Waals surface area contributed by atoms with Crippen LogP contribution >= 0.6 is 15.9 Å². The zero-order chi connectivity index (χ0) is 13.1. The van der Waals surface area contributed by atoms with E-state index in [-0.39, 0.29) is 11.8 Å². The number of hydrogen-bond donors (Lipinski definition) is 2.